The van der Waals surface area contributed by atoms with Crippen molar-refractivity contribution in [2.24, 2.45) is 5.92 Å². The number of rotatable bonds is 5. The van der Waals surface area contributed by atoms with Gasteiger partial charge in [-0.25, -0.2) is 0 Å². The minimum absolute atomic E-state index is 0.789. The van der Waals surface area contributed by atoms with Crippen LogP contribution >= 0.6 is 0 Å². The molecule has 96 valence electrons. The summed E-state index contributed by atoms with van der Waals surface area (Å²) in [6.45, 7) is 9.64. The van der Waals surface area contributed by atoms with Crippen LogP contribution in [0.2, 0.25) is 0 Å². The van der Waals surface area contributed by atoms with Crippen LogP contribution in [0.1, 0.15) is 31.2 Å². The van der Waals surface area contributed by atoms with Gasteiger partial charge in [0.2, 0.25) is 0 Å². The lowest BCUT2D eigenvalue weighted by Gasteiger charge is -2.28. The quantitative estimate of drug-likeness (QED) is 0.848. The van der Waals surface area contributed by atoms with Crippen molar-refractivity contribution in [2.45, 2.75) is 33.2 Å². The number of aryl methyl sites for hydroxylation is 1. The van der Waals surface area contributed by atoms with Gasteiger partial charge in [0.05, 0.1) is 5.69 Å². The Morgan fingerprint density at radius 3 is 3.06 bits per heavy atom. The highest BCUT2D eigenvalue weighted by Gasteiger charge is 2.17. The summed E-state index contributed by atoms with van der Waals surface area (Å²) in [6, 6.07) is 2.03. The summed E-state index contributed by atoms with van der Waals surface area (Å²) in [4.78, 5) is 2.45. The van der Waals surface area contributed by atoms with Crippen molar-refractivity contribution in [3.05, 3.63) is 17.5 Å². The fourth-order valence-electron chi connectivity index (χ4n) is 2.47. The summed E-state index contributed by atoms with van der Waals surface area (Å²) in [6.07, 6.45) is 2.66. The predicted molar refractivity (Wildman–Crippen MR) is 67.8 cm³/mol. The van der Waals surface area contributed by atoms with E-state index in [1.165, 1.54) is 19.4 Å². The maximum atomic E-state index is 5.11. The summed E-state index contributed by atoms with van der Waals surface area (Å²) in [7, 11) is 0. The van der Waals surface area contributed by atoms with Gasteiger partial charge in [0.1, 0.15) is 5.76 Å². The highest BCUT2D eigenvalue weighted by Crippen LogP contribution is 2.13. The normalized spacial score (nSPS) is 21.0. The van der Waals surface area contributed by atoms with Crippen molar-refractivity contribution in [1.29, 1.82) is 0 Å². The molecule has 0 radical (unpaired) electrons. The molecule has 1 N–H and O–H groups in total. The lowest BCUT2D eigenvalue weighted by Crippen LogP contribution is -2.38. The van der Waals surface area contributed by atoms with E-state index in [1.807, 2.05) is 13.0 Å². The van der Waals surface area contributed by atoms with Gasteiger partial charge in [-0.05, 0) is 45.3 Å². The Labute approximate surface area is 103 Å². The van der Waals surface area contributed by atoms with Gasteiger partial charge in [-0.1, -0.05) is 12.1 Å². The lowest BCUT2D eigenvalue weighted by atomic mass is 9.99. The van der Waals surface area contributed by atoms with Crippen molar-refractivity contribution in [1.82, 2.24) is 15.4 Å². The molecule has 0 spiro atoms. The molecule has 1 unspecified atom stereocenters. The monoisotopic (exact) mass is 237 g/mol. The molecule has 1 aromatic rings. The highest BCUT2D eigenvalue weighted by molar-refractivity contribution is 5.03. The van der Waals surface area contributed by atoms with Gasteiger partial charge >= 0.3 is 0 Å². The summed E-state index contributed by atoms with van der Waals surface area (Å²) < 4.78 is 5.11. The van der Waals surface area contributed by atoms with E-state index in [2.05, 4.69) is 22.3 Å². The molecule has 17 heavy (non-hydrogen) atoms. The van der Waals surface area contributed by atoms with Crippen LogP contribution in [0.5, 0.6) is 0 Å². The van der Waals surface area contributed by atoms with Crippen molar-refractivity contribution < 1.29 is 4.52 Å². The molecule has 4 nitrogen and oxygen atoms in total. The molecule has 1 aliphatic heterocycles. The molecule has 0 amide bonds. The molecule has 0 aromatic carbocycles. The smallest absolute Gasteiger partial charge is 0.133 e. The van der Waals surface area contributed by atoms with Gasteiger partial charge in [-0.15, -0.1) is 0 Å². The van der Waals surface area contributed by atoms with Crippen molar-refractivity contribution in [3.63, 3.8) is 0 Å². The third-order valence-electron chi connectivity index (χ3n) is 3.42. The first kappa shape index (κ1) is 12.6. The van der Waals surface area contributed by atoms with E-state index in [1.54, 1.807) is 0 Å². The Balaban J connectivity index is 1.83. The van der Waals surface area contributed by atoms with E-state index in [0.717, 1.165) is 43.6 Å². The fourth-order valence-corrected chi connectivity index (χ4v) is 2.47. The SMILES string of the molecule is CCN(Cc1cc(C)on1)CC1CCCNC1. The molecule has 0 saturated carbocycles. The van der Waals surface area contributed by atoms with Gasteiger partial charge in [-0.3, -0.25) is 4.90 Å². The molecule has 4 heteroatoms. The molecule has 0 bridgehead atoms. The second-order valence-corrected chi connectivity index (χ2v) is 4.97. The van der Waals surface area contributed by atoms with Gasteiger partial charge < -0.3 is 9.84 Å². The topological polar surface area (TPSA) is 41.3 Å². The summed E-state index contributed by atoms with van der Waals surface area (Å²) in [5, 5.41) is 7.54. The molecule has 2 rings (SSSR count). The third kappa shape index (κ3) is 3.82. The lowest BCUT2D eigenvalue weighted by molar-refractivity contribution is 0.205. The fraction of sp³-hybridized carbons (Fsp3) is 0.769. The summed E-state index contributed by atoms with van der Waals surface area (Å²) in [5.41, 5.74) is 1.05. The molecule has 1 fully saturated rings. The number of hydrogen-bond acceptors (Lipinski definition) is 4. The number of nitrogens with zero attached hydrogens (tertiary/aromatic N) is 2. The molecule has 0 aliphatic carbocycles. The second kappa shape index (κ2) is 6.17. The first-order valence-electron chi connectivity index (χ1n) is 6.63. The van der Waals surface area contributed by atoms with E-state index in [0.29, 0.717) is 0 Å². The molecule has 1 atom stereocenters. The van der Waals surface area contributed by atoms with Crippen molar-refractivity contribution in [3.8, 4) is 0 Å². The van der Waals surface area contributed by atoms with Gasteiger partial charge in [0, 0.05) is 19.2 Å². The molecule has 1 aliphatic rings. The van der Waals surface area contributed by atoms with Crippen LogP contribution < -0.4 is 5.32 Å². The standard InChI is InChI=1S/C13H23N3O/c1-3-16(9-12-5-4-6-14-8-12)10-13-7-11(2)17-15-13/h7,12,14H,3-6,8-10H2,1-2H3. The average Bonchev–Trinajstić information content (AvgIpc) is 2.75. The first-order chi connectivity index (χ1) is 8.28. The van der Waals surface area contributed by atoms with Crippen LogP contribution in [0.25, 0.3) is 0 Å². The Morgan fingerprint density at radius 2 is 2.47 bits per heavy atom. The second-order valence-electron chi connectivity index (χ2n) is 4.97. The Kier molecular flexibility index (Phi) is 4.57. The van der Waals surface area contributed by atoms with Crippen molar-refractivity contribution in [2.75, 3.05) is 26.2 Å². The Morgan fingerprint density at radius 1 is 1.59 bits per heavy atom. The van der Waals surface area contributed by atoms with Crippen molar-refractivity contribution >= 4 is 0 Å². The zero-order valence-electron chi connectivity index (χ0n) is 10.9. The van der Waals surface area contributed by atoms with E-state index < -0.39 is 0 Å². The Hall–Kier alpha value is -0.870. The summed E-state index contributed by atoms with van der Waals surface area (Å²) in [5.74, 6) is 1.69. The van der Waals surface area contributed by atoms with E-state index >= 15 is 0 Å². The van der Waals surface area contributed by atoms with E-state index in [-0.39, 0.29) is 0 Å². The average molecular weight is 237 g/mol. The third-order valence-corrected chi connectivity index (χ3v) is 3.42. The number of piperidine rings is 1. The zero-order chi connectivity index (χ0) is 12.1. The maximum absolute atomic E-state index is 5.11. The number of nitrogens with one attached hydrogen (secondary N) is 1. The van der Waals surface area contributed by atoms with Crippen LogP contribution in [0.3, 0.4) is 0 Å². The van der Waals surface area contributed by atoms with Crippen LogP contribution in [-0.4, -0.2) is 36.2 Å². The summed E-state index contributed by atoms with van der Waals surface area (Å²) >= 11 is 0. The zero-order valence-corrected chi connectivity index (χ0v) is 10.9. The number of aromatic nitrogens is 1. The molecular formula is C13H23N3O. The first-order valence-corrected chi connectivity index (χ1v) is 6.63. The van der Waals surface area contributed by atoms with Crippen LogP contribution in [-0.2, 0) is 6.54 Å². The molecule has 2 heterocycles. The van der Waals surface area contributed by atoms with Gasteiger partial charge in [0.15, 0.2) is 0 Å². The highest BCUT2D eigenvalue weighted by atomic mass is 16.5. The van der Waals surface area contributed by atoms with E-state index in [4.69, 9.17) is 4.52 Å². The van der Waals surface area contributed by atoms with Crippen LogP contribution in [0.4, 0.5) is 0 Å². The van der Waals surface area contributed by atoms with Crippen LogP contribution in [0, 0.1) is 12.8 Å². The predicted octanol–water partition coefficient (Wildman–Crippen LogP) is 1.80. The Bertz CT molecular complexity index is 331. The maximum Gasteiger partial charge on any atom is 0.133 e. The largest absolute Gasteiger partial charge is 0.361 e. The molecule has 1 aromatic heterocycles. The van der Waals surface area contributed by atoms with E-state index in [9.17, 15) is 0 Å². The number of hydrogen-bond donors (Lipinski definition) is 1. The van der Waals surface area contributed by atoms with Gasteiger partial charge in [-0.2, -0.15) is 0 Å². The molecule has 1 saturated heterocycles. The molecular weight excluding hydrogens is 214 g/mol. The minimum atomic E-state index is 0.789. The minimum Gasteiger partial charge on any atom is -0.361 e. The van der Waals surface area contributed by atoms with Gasteiger partial charge in [0.25, 0.3) is 0 Å². The van der Waals surface area contributed by atoms with Crippen LogP contribution in [0.15, 0.2) is 10.6 Å².